The zero-order valence-electron chi connectivity index (χ0n) is 15.0. The predicted molar refractivity (Wildman–Crippen MR) is 98.7 cm³/mol. The van der Waals surface area contributed by atoms with Crippen LogP contribution in [0, 0.1) is 0 Å². The molecular weight excluding hydrogens is 366 g/mol. The summed E-state index contributed by atoms with van der Waals surface area (Å²) in [6, 6.07) is 7.42. The summed E-state index contributed by atoms with van der Waals surface area (Å²) in [6.07, 6.45) is 2.54. The van der Waals surface area contributed by atoms with Crippen LogP contribution in [0.5, 0.6) is 0 Å². The summed E-state index contributed by atoms with van der Waals surface area (Å²) in [5.74, 6) is 2.55. The number of hydrogen-bond acceptors (Lipinski definition) is 9. The van der Waals surface area contributed by atoms with Crippen LogP contribution in [0.3, 0.4) is 0 Å². The molecule has 8 nitrogen and oxygen atoms in total. The number of hydrogen-bond donors (Lipinski definition) is 0. The molecule has 0 aliphatic rings. The Morgan fingerprint density at radius 3 is 2.70 bits per heavy atom. The zero-order valence-corrected chi connectivity index (χ0v) is 15.8. The predicted octanol–water partition coefficient (Wildman–Crippen LogP) is 4.41. The summed E-state index contributed by atoms with van der Waals surface area (Å²) in [4.78, 5) is 3.13. The molecule has 4 rings (SSSR count). The fourth-order valence-corrected chi connectivity index (χ4v) is 3.39. The summed E-state index contributed by atoms with van der Waals surface area (Å²) in [5.41, 5.74) is 0. The molecule has 4 heterocycles. The molecule has 0 saturated carbocycles. The van der Waals surface area contributed by atoms with Crippen LogP contribution in [-0.2, 0) is 6.54 Å². The third-order valence-electron chi connectivity index (χ3n) is 4.13. The van der Waals surface area contributed by atoms with Crippen molar-refractivity contribution >= 4 is 11.3 Å². The van der Waals surface area contributed by atoms with Gasteiger partial charge in [-0.05, 0) is 43.5 Å². The average Bonchev–Trinajstić information content (AvgIpc) is 3.48. The number of rotatable bonds is 8. The van der Waals surface area contributed by atoms with Gasteiger partial charge in [-0.1, -0.05) is 13.0 Å². The summed E-state index contributed by atoms with van der Waals surface area (Å²) < 4.78 is 16.9. The van der Waals surface area contributed by atoms with Gasteiger partial charge in [0, 0.05) is 0 Å². The standard InChI is InChI=1S/C18H19N5O3S/c1-3-8-23(11-15-19-21-17(25-15)13-6-4-9-24-13)12(2)16-20-22-18(26-16)14-7-5-10-27-14/h4-7,9-10,12H,3,8,11H2,1-2H3/t12-/m0/s1. The Hall–Kier alpha value is -2.78. The lowest BCUT2D eigenvalue weighted by Gasteiger charge is -2.24. The highest BCUT2D eigenvalue weighted by atomic mass is 32.1. The summed E-state index contributed by atoms with van der Waals surface area (Å²) in [5, 5.41) is 18.6. The molecule has 9 heteroatoms. The Bertz CT molecular complexity index is 961. The number of nitrogens with zero attached hydrogens (tertiary/aromatic N) is 5. The molecule has 0 saturated heterocycles. The summed E-state index contributed by atoms with van der Waals surface area (Å²) in [7, 11) is 0. The lowest BCUT2D eigenvalue weighted by molar-refractivity contribution is 0.160. The maximum Gasteiger partial charge on any atom is 0.283 e. The van der Waals surface area contributed by atoms with Gasteiger partial charge in [0.2, 0.25) is 11.8 Å². The van der Waals surface area contributed by atoms with E-state index in [1.165, 1.54) is 0 Å². The maximum absolute atomic E-state index is 5.88. The first kappa shape index (κ1) is 17.6. The lowest BCUT2D eigenvalue weighted by Crippen LogP contribution is -2.28. The van der Waals surface area contributed by atoms with E-state index in [1.807, 2.05) is 24.4 Å². The van der Waals surface area contributed by atoms with Gasteiger partial charge in [-0.15, -0.1) is 31.7 Å². The maximum atomic E-state index is 5.88. The molecule has 0 N–H and O–H groups in total. The normalized spacial score (nSPS) is 12.7. The molecule has 27 heavy (non-hydrogen) atoms. The topological polar surface area (TPSA) is 94.2 Å². The van der Waals surface area contributed by atoms with Crippen LogP contribution in [0.4, 0.5) is 0 Å². The molecule has 0 aliphatic heterocycles. The third kappa shape index (κ3) is 3.83. The van der Waals surface area contributed by atoms with Crippen molar-refractivity contribution in [2.24, 2.45) is 0 Å². The minimum Gasteiger partial charge on any atom is -0.459 e. The molecule has 4 aromatic rings. The van der Waals surface area contributed by atoms with Crippen molar-refractivity contribution in [3.05, 3.63) is 47.7 Å². The second kappa shape index (κ2) is 7.85. The Morgan fingerprint density at radius 1 is 1.07 bits per heavy atom. The summed E-state index contributed by atoms with van der Waals surface area (Å²) >= 11 is 1.57. The van der Waals surface area contributed by atoms with E-state index in [0.29, 0.717) is 35.9 Å². The first-order valence-corrected chi connectivity index (χ1v) is 9.60. The largest absolute Gasteiger partial charge is 0.459 e. The van der Waals surface area contributed by atoms with Crippen molar-refractivity contribution in [2.75, 3.05) is 6.54 Å². The molecule has 0 bridgehead atoms. The highest BCUT2D eigenvalue weighted by molar-refractivity contribution is 7.13. The van der Waals surface area contributed by atoms with Crippen LogP contribution in [0.25, 0.3) is 22.4 Å². The van der Waals surface area contributed by atoms with Crippen molar-refractivity contribution in [2.45, 2.75) is 32.9 Å². The molecule has 0 unspecified atom stereocenters. The Labute approximate surface area is 159 Å². The highest BCUT2D eigenvalue weighted by Crippen LogP contribution is 2.28. The van der Waals surface area contributed by atoms with E-state index in [9.17, 15) is 0 Å². The van der Waals surface area contributed by atoms with E-state index in [2.05, 4.69) is 32.2 Å². The van der Waals surface area contributed by atoms with E-state index < -0.39 is 0 Å². The molecular formula is C18H19N5O3S. The fraction of sp³-hybridized carbons (Fsp3) is 0.333. The van der Waals surface area contributed by atoms with E-state index in [-0.39, 0.29) is 6.04 Å². The number of furan rings is 1. The second-order valence-corrected chi connectivity index (χ2v) is 7.00. The second-order valence-electron chi connectivity index (χ2n) is 6.05. The van der Waals surface area contributed by atoms with Crippen LogP contribution < -0.4 is 0 Å². The minimum absolute atomic E-state index is 0.0786. The van der Waals surface area contributed by atoms with Gasteiger partial charge >= 0.3 is 0 Å². The Morgan fingerprint density at radius 2 is 1.96 bits per heavy atom. The van der Waals surface area contributed by atoms with Gasteiger partial charge in [-0.2, -0.15) is 0 Å². The first-order chi connectivity index (χ1) is 13.2. The monoisotopic (exact) mass is 385 g/mol. The van der Waals surface area contributed by atoms with E-state index >= 15 is 0 Å². The van der Waals surface area contributed by atoms with Gasteiger partial charge in [-0.25, -0.2) is 0 Å². The quantitative estimate of drug-likeness (QED) is 0.440. The van der Waals surface area contributed by atoms with E-state index in [4.69, 9.17) is 13.3 Å². The molecule has 0 spiro atoms. The van der Waals surface area contributed by atoms with Crippen LogP contribution in [-0.4, -0.2) is 31.8 Å². The molecule has 0 fully saturated rings. The van der Waals surface area contributed by atoms with E-state index in [1.54, 1.807) is 29.7 Å². The summed E-state index contributed by atoms with van der Waals surface area (Å²) in [6.45, 7) is 5.47. The van der Waals surface area contributed by atoms with Crippen LogP contribution in [0.1, 0.15) is 38.1 Å². The van der Waals surface area contributed by atoms with Crippen molar-refractivity contribution in [1.82, 2.24) is 25.3 Å². The SMILES string of the molecule is CCCN(Cc1nnc(-c2ccco2)o1)[C@@H](C)c1nnc(-c2cccs2)o1. The Balaban J connectivity index is 1.50. The lowest BCUT2D eigenvalue weighted by atomic mass is 10.2. The van der Waals surface area contributed by atoms with Gasteiger partial charge in [0.1, 0.15) is 0 Å². The van der Waals surface area contributed by atoms with Gasteiger partial charge in [0.25, 0.3) is 11.8 Å². The fourth-order valence-electron chi connectivity index (χ4n) is 2.75. The van der Waals surface area contributed by atoms with Gasteiger partial charge in [-0.3, -0.25) is 4.90 Å². The van der Waals surface area contributed by atoms with Crippen molar-refractivity contribution in [3.63, 3.8) is 0 Å². The molecule has 140 valence electrons. The van der Waals surface area contributed by atoms with Crippen LogP contribution in [0.15, 0.2) is 49.2 Å². The molecule has 0 aromatic carbocycles. The van der Waals surface area contributed by atoms with Crippen LogP contribution >= 0.6 is 11.3 Å². The van der Waals surface area contributed by atoms with Gasteiger partial charge < -0.3 is 13.3 Å². The van der Waals surface area contributed by atoms with Crippen LogP contribution in [0.2, 0.25) is 0 Å². The number of thiophene rings is 1. The molecule has 0 radical (unpaired) electrons. The van der Waals surface area contributed by atoms with E-state index in [0.717, 1.165) is 17.8 Å². The first-order valence-electron chi connectivity index (χ1n) is 8.72. The zero-order chi connectivity index (χ0) is 18.6. The van der Waals surface area contributed by atoms with Crippen molar-refractivity contribution in [3.8, 4) is 22.4 Å². The molecule has 0 aliphatic carbocycles. The average molecular weight is 385 g/mol. The third-order valence-corrected chi connectivity index (χ3v) is 4.98. The molecule has 4 aromatic heterocycles. The minimum atomic E-state index is -0.0786. The smallest absolute Gasteiger partial charge is 0.283 e. The molecule has 0 amide bonds. The number of aromatic nitrogens is 4. The van der Waals surface area contributed by atoms with Gasteiger partial charge in [0.05, 0.1) is 23.7 Å². The Kier molecular flexibility index (Phi) is 5.12. The van der Waals surface area contributed by atoms with Gasteiger partial charge in [0.15, 0.2) is 5.76 Å². The highest BCUT2D eigenvalue weighted by Gasteiger charge is 2.24. The van der Waals surface area contributed by atoms with Crippen molar-refractivity contribution < 1.29 is 13.3 Å². The molecule has 1 atom stereocenters. The van der Waals surface area contributed by atoms with Crippen molar-refractivity contribution in [1.29, 1.82) is 0 Å².